The fraction of sp³-hybridized carbons (Fsp3) is 0.571. The van der Waals surface area contributed by atoms with Gasteiger partial charge in [0.05, 0.1) is 20.7 Å². The normalized spacial score (nSPS) is 16.8. The molecule has 1 aliphatic rings. The van der Waals surface area contributed by atoms with Gasteiger partial charge in [0, 0.05) is 23.9 Å². The highest BCUT2D eigenvalue weighted by Crippen LogP contribution is 2.29. The molecule has 1 fully saturated rings. The minimum absolute atomic E-state index is 0.535. The molecule has 0 saturated heterocycles. The van der Waals surface area contributed by atoms with E-state index in [2.05, 4.69) is 11.8 Å². The second kappa shape index (κ2) is 7.07. The number of nitrogens with zero attached hydrogens (tertiary/aromatic N) is 1. The molecule has 1 atom stereocenters. The Balaban J connectivity index is 1.90. The van der Waals surface area contributed by atoms with Crippen LogP contribution in [0.15, 0.2) is 23.1 Å². The average molecular weight is 320 g/mol. The second-order valence-corrected chi connectivity index (χ2v) is 7.34. The summed E-state index contributed by atoms with van der Waals surface area (Å²) in [6.45, 7) is 5.15. The van der Waals surface area contributed by atoms with Crippen LogP contribution in [-0.2, 0) is 10.8 Å². The highest BCUT2D eigenvalue weighted by atomic mass is 35.5. The van der Waals surface area contributed by atoms with E-state index in [4.69, 9.17) is 23.2 Å². The van der Waals surface area contributed by atoms with Crippen molar-refractivity contribution in [2.75, 3.05) is 25.4 Å². The van der Waals surface area contributed by atoms with Crippen molar-refractivity contribution in [1.82, 2.24) is 4.90 Å². The molecule has 0 spiro atoms. The van der Waals surface area contributed by atoms with Gasteiger partial charge in [-0.2, -0.15) is 0 Å². The smallest absolute Gasteiger partial charge is 0.0589 e. The molecular weight excluding hydrogens is 301 g/mol. The molecule has 1 saturated carbocycles. The lowest BCUT2D eigenvalue weighted by molar-refractivity contribution is 0.293. The zero-order valence-corrected chi connectivity index (χ0v) is 13.4. The first-order valence-corrected chi connectivity index (χ1v) is 8.73. The van der Waals surface area contributed by atoms with E-state index in [1.54, 1.807) is 18.2 Å². The Hall–Kier alpha value is -0.0900. The van der Waals surface area contributed by atoms with Crippen LogP contribution in [0.5, 0.6) is 0 Å². The van der Waals surface area contributed by atoms with Gasteiger partial charge in [0.1, 0.15) is 0 Å². The number of halogens is 2. The maximum Gasteiger partial charge on any atom is 0.0589 e. The number of benzene rings is 1. The summed E-state index contributed by atoms with van der Waals surface area (Å²) in [5.74, 6) is 1.48. The molecule has 2 rings (SSSR count). The first kappa shape index (κ1) is 15.3. The molecule has 0 aliphatic heterocycles. The summed E-state index contributed by atoms with van der Waals surface area (Å²) in [4.78, 5) is 3.02. The molecule has 0 amide bonds. The molecule has 0 heterocycles. The molecule has 19 heavy (non-hydrogen) atoms. The van der Waals surface area contributed by atoms with E-state index >= 15 is 0 Å². The number of hydrogen-bond donors (Lipinski definition) is 0. The third-order valence-electron chi connectivity index (χ3n) is 3.39. The lowest BCUT2D eigenvalue weighted by Crippen LogP contribution is -2.29. The largest absolute Gasteiger partial charge is 0.302 e. The van der Waals surface area contributed by atoms with Gasteiger partial charge in [-0.05, 0) is 43.5 Å². The first-order chi connectivity index (χ1) is 9.10. The standard InChI is InChI=1S/C14H19Cl2NOS/c1-2-17(10-11-3-4-11)7-8-19(18)14-9-12(15)5-6-13(14)16/h5-6,9,11H,2-4,7-8,10H2,1H3. The minimum atomic E-state index is -1.08. The Morgan fingerprint density at radius 3 is 2.74 bits per heavy atom. The Morgan fingerprint density at radius 2 is 2.11 bits per heavy atom. The molecule has 5 heteroatoms. The van der Waals surface area contributed by atoms with Crippen molar-refractivity contribution in [3.63, 3.8) is 0 Å². The van der Waals surface area contributed by atoms with E-state index < -0.39 is 10.8 Å². The summed E-state index contributed by atoms with van der Waals surface area (Å²) in [6, 6.07) is 5.13. The van der Waals surface area contributed by atoms with E-state index in [-0.39, 0.29) is 0 Å². The van der Waals surface area contributed by atoms with Crippen LogP contribution >= 0.6 is 23.2 Å². The Kier molecular flexibility index (Phi) is 5.70. The topological polar surface area (TPSA) is 20.3 Å². The van der Waals surface area contributed by atoms with E-state index in [0.29, 0.717) is 20.7 Å². The van der Waals surface area contributed by atoms with Crippen molar-refractivity contribution < 1.29 is 4.21 Å². The van der Waals surface area contributed by atoms with Crippen LogP contribution in [0.1, 0.15) is 19.8 Å². The molecule has 0 aromatic heterocycles. The summed E-state index contributed by atoms with van der Waals surface area (Å²) >= 11 is 12.0. The van der Waals surface area contributed by atoms with Gasteiger partial charge in [-0.3, -0.25) is 4.21 Å². The molecule has 2 nitrogen and oxygen atoms in total. The molecule has 0 radical (unpaired) electrons. The quantitative estimate of drug-likeness (QED) is 0.761. The van der Waals surface area contributed by atoms with Crippen molar-refractivity contribution in [1.29, 1.82) is 0 Å². The van der Waals surface area contributed by atoms with Crippen molar-refractivity contribution in [2.45, 2.75) is 24.7 Å². The highest BCUT2D eigenvalue weighted by molar-refractivity contribution is 7.85. The van der Waals surface area contributed by atoms with Crippen LogP contribution in [0.3, 0.4) is 0 Å². The second-order valence-electron chi connectivity index (χ2n) is 4.96. The summed E-state index contributed by atoms with van der Waals surface area (Å²) in [5, 5.41) is 1.12. The van der Waals surface area contributed by atoms with Gasteiger partial charge < -0.3 is 4.90 Å². The predicted octanol–water partition coefficient (Wildman–Crippen LogP) is 3.83. The maximum atomic E-state index is 12.3. The molecule has 1 aliphatic carbocycles. The Labute approximate surface area is 127 Å². The lowest BCUT2D eigenvalue weighted by Gasteiger charge is -2.19. The van der Waals surface area contributed by atoms with Gasteiger partial charge in [-0.1, -0.05) is 30.1 Å². The third-order valence-corrected chi connectivity index (χ3v) is 5.45. The zero-order chi connectivity index (χ0) is 13.8. The number of rotatable bonds is 7. The maximum absolute atomic E-state index is 12.3. The fourth-order valence-electron chi connectivity index (χ4n) is 2.02. The van der Waals surface area contributed by atoms with Crippen LogP contribution in [0.2, 0.25) is 10.0 Å². The van der Waals surface area contributed by atoms with Gasteiger partial charge >= 0.3 is 0 Å². The molecule has 1 aromatic carbocycles. The summed E-state index contributed by atoms with van der Waals surface area (Å²) in [5.41, 5.74) is 0. The highest BCUT2D eigenvalue weighted by Gasteiger charge is 2.23. The molecule has 106 valence electrons. The van der Waals surface area contributed by atoms with Gasteiger partial charge in [-0.15, -0.1) is 0 Å². The monoisotopic (exact) mass is 319 g/mol. The van der Waals surface area contributed by atoms with E-state index in [9.17, 15) is 4.21 Å². The molecular formula is C14H19Cl2NOS. The van der Waals surface area contributed by atoms with Crippen LogP contribution in [0, 0.1) is 5.92 Å². The first-order valence-electron chi connectivity index (χ1n) is 6.66. The van der Waals surface area contributed by atoms with Crippen LogP contribution < -0.4 is 0 Å². The van der Waals surface area contributed by atoms with Crippen molar-refractivity contribution in [3.8, 4) is 0 Å². The predicted molar refractivity (Wildman–Crippen MR) is 82.6 cm³/mol. The van der Waals surface area contributed by atoms with Gasteiger partial charge in [0.15, 0.2) is 0 Å². The van der Waals surface area contributed by atoms with Crippen LogP contribution in [0.4, 0.5) is 0 Å². The minimum Gasteiger partial charge on any atom is -0.302 e. The zero-order valence-electron chi connectivity index (χ0n) is 11.1. The number of hydrogen-bond acceptors (Lipinski definition) is 2. The van der Waals surface area contributed by atoms with E-state index in [1.807, 2.05) is 0 Å². The molecule has 0 bridgehead atoms. The van der Waals surface area contributed by atoms with Crippen molar-refractivity contribution in [2.24, 2.45) is 5.92 Å². The third kappa shape index (κ3) is 4.75. The molecule has 0 N–H and O–H groups in total. The summed E-state index contributed by atoms with van der Waals surface area (Å²) in [7, 11) is -1.08. The molecule has 1 unspecified atom stereocenters. The van der Waals surface area contributed by atoms with Crippen molar-refractivity contribution >= 4 is 34.0 Å². The molecule has 1 aromatic rings. The van der Waals surface area contributed by atoms with Gasteiger partial charge in [0.2, 0.25) is 0 Å². The summed E-state index contributed by atoms with van der Waals surface area (Å²) < 4.78 is 12.3. The summed E-state index contributed by atoms with van der Waals surface area (Å²) in [6.07, 6.45) is 2.69. The Morgan fingerprint density at radius 1 is 1.37 bits per heavy atom. The van der Waals surface area contributed by atoms with Gasteiger partial charge in [-0.25, -0.2) is 0 Å². The van der Waals surface area contributed by atoms with Crippen LogP contribution in [0.25, 0.3) is 0 Å². The van der Waals surface area contributed by atoms with Crippen LogP contribution in [-0.4, -0.2) is 34.5 Å². The average Bonchev–Trinajstić information content (AvgIpc) is 3.20. The fourth-order valence-corrected chi connectivity index (χ4v) is 3.82. The van der Waals surface area contributed by atoms with E-state index in [1.165, 1.54) is 12.8 Å². The lowest BCUT2D eigenvalue weighted by atomic mass is 10.3. The van der Waals surface area contributed by atoms with Gasteiger partial charge in [0.25, 0.3) is 0 Å². The SMILES string of the molecule is CCN(CCS(=O)c1cc(Cl)ccc1Cl)CC1CC1. The Bertz CT molecular complexity index is 463. The van der Waals surface area contributed by atoms with Crippen molar-refractivity contribution in [3.05, 3.63) is 28.2 Å². The van der Waals surface area contributed by atoms with E-state index in [0.717, 1.165) is 25.6 Å².